The van der Waals surface area contributed by atoms with E-state index in [1.165, 1.54) is 11.1 Å². The van der Waals surface area contributed by atoms with Gasteiger partial charge in [-0.1, -0.05) is 24.3 Å². The first kappa shape index (κ1) is 9.91. The number of aliphatic hydroxyl groups is 1. The van der Waals surface area contributed by atoms with Gasteiger partial charge >= 0.3 is 0 Å². The molecular formula is C13H11N3O. The van der Waals surface area contributed by atoms with Gasteiger partial charge in [0.15, 0.2) is 0 Å². The van der Waals surface area contributed by atoms with Gasteiger partial charge in [-0.2, -0.15) is 5.26 Å². The number of hydrogen-bond acceptors (Lipinski definition) is 3. The zero-order valence-electron chi connectivity index (χ0n) is 9.14. The lowest BCUT2D eigenvalue weighted by Crippen LogP contribution is -2.40. The van der Waals surface area contributed by atoms with Crippen molar-refractivity contribution < 1.29 is 5.11 Å². The number of aliphatic hydroxyl groups excluding tert-OH is 1. The van der Waals surface area contributed by atoms with Crippen molar-refractivity contribution in [3.63, 3.8) is 0 Å². The Morgan fingerprint density at radius 3 is 2.76 bits per heavy atom. The van der Waals surface area contributed by atoms with Gasteiger partial charge in [-0.15, -0.1) is 0 Å². The zero-order valence-corrected chi connectivity index (χ0v) is 9.14. The molecule has 0 bridgehead atoms. The van der Waals surface area contributed by atoms with Gasteiger partial charge in [0, 0.05) is 13.0 Å². The van der Waals surface area contributed by atoms with Crippen molar-refractivity contribution in [2.24, 2.45) is 0 Å². The van der Waals surface area contributed by atoms with E-state index in [1.807, 2.05) is 30.3 Å². The van der Waals surface area contributed by atoms with E-state index in [0.29, 0.717) is 13.0 Å². The van der Waals surface area contributed by atoms with Gasteiger partial charge in [0.2, 0.25) is 0 Å². The lowest BCUT2D eigenvalue weighted by molar-refractivity contribution is 0.252. The third kappa shape index (κ3) is 1.26. The van der Waals surface area contributed by atoms with Crippen LogP contribution in [0, 0.1) is 16.7 Å². The molecule has 2 heterocycles. The highest BCUT2D eigenvalue weighted by atomic mass is 16.3. The molecule has 1 unspecified atom stereocenters. The summed E-state index contributed by atoms with van der Waals surface area (Å²) >= 11 is 0. The van der Waals surface area contributed by atoms with Crippen LogP contribution in [0.3, 0.4) is 0 Å². The van der Waals surface area contributed by atoms with E-state index >= 15 is 0 Å². The average molecular weight is 225 g/mol. The van der Waals surface area contributed by atoms with Crippen molar-refractivity contribution in [2.45, 2.75) is 19.0 Å². The molecule has 0 saturated heterocycles. The molecule has 1 aromatic carbocycles. The molecule has 2 aliphatic rings. The van der Waals surface area contributed by atoms with Gasteiger partial charge in [0.05, 0.1) is 6.04 Å². The fourth-order valence-electron chi connectivity index (χ4n) is 2.54. The fourth-order valence-corrected chi connectivity index (χ4v) is 2.54. The second-order valence-electron chi connectivity index (χ2n) is 4.34. The van der Waals surface area contributed by atoms with Crippen LogP contribution in [0.4, 0.5) is 0 Å². The largest absolute Gasteiger partial charge is 0.509 e. The second kappa shape index (κ2) is 3.36. The minimum absolute atomic E-state index is 0.0482. The number of rotatable bonds is 0. The quantitative estimate of drug-likeness (QED) is 0.706. The molecule has 0 fully saturated rings. The zero-order chi connectivity index (χ0) is 12.0. The van der Waals surface area contributed by atoms with Crippen molar-refractivity contribution >= 4 is 5.84 Å². The molecule has 2 aliphatic heterocycles. The van der Waals surface area contributed by atoms with E-state index in [4.69, 9.17) is 10.7 Å². The van der Waals surface area contributed by atoms with Gasteiger partial charge in [0.1, 0.15) is 23.2 Å². The van der Waals surface area contributed by atoms with Crippen molar-refractivity contribution in [1.29, 1.82) is 10.7 Å². The summed E-state index contributed by atoms with van der Waals surface area (Å²) in [7, 11) is 0. The predicted molar refractivity (Wildman–Crippen MR) is 62.5 cm³/mol. The number of hydrogen-bond donors (Lipinski definition) is 2. The van der Waals surface area contributed by atoms with Crippen LogP contribution in [0.25, 0.3) is 0 Å². The van der Waals surface area contributed by atoms with E-state index < -0.39 is 0 Å². The summed E-state index contributed by atoms with van der Waals surface area (Å²) in [4.78, 5) is 1.79. The Balaban J connectivity index is 2.05. The SMILES string of the molecule is N#CC1=C(O)C2Cc3ccccc3CN2C1=N. The summed E-state index contributed by atoms with van der Waals surface area (Å²) in [5, 5.41) is 26.8. The van der Waals surface area contributed by atoms with Crippen LogP contribution < -0.4 is 0 Å². The maximum Gasteiger partial charge on any atom is 0.143 e. The molecular weight excluding hydrogens is 214 g/mol. The van der Waals surface area contributed by atoms with Gasteiger partial charge in [-0.25, -0.2) is 0 Å². The van der Waals surface area contributed by atoms with Gasteiger partial charge in [0.25, 0.3) is 0 Å². The Morgan fingerprint density at radius 2 is 2.06 bits per heavy atom. The fraction of sp³-hybridized carbons (Fsp3) is 0.231. The van der Waals surface area contributed by atoms with E-state index in [-0.39, 0.29) is 23.2 Å². The molecule has 0 saturated carbocycles. The minimum atomic E-state index is -0.230. The maximum atomic E-state index is 9.95. The van der Waals surface area contributed by atoms with Gasteiger partial charge in [-0.3, -0.25) is 5.41 Å². The maximum absolute atomic E-state index is 9.95. The van der Waals surface area contributed by atoms with Crippen molar-refractivity contribution in [3.8, 4) is 6.07 Å². The Kier molecular flexibility index (Phi) is 1.96. The van der Waals surface area contributed by atoms with Gasteiger partial charge in [-0.05, 0) is 11.1 Å². The normalized spacial score (nSPS) is 22.2. The number of nitriles is 1. The number of benzene rings is 1. The van der Waals surface area contributed by atoms with Gasteiger partial charge < -0.3 is 10.0 Å². The lowest BCUT2D eigenvalue weighted by Gasteiger charge is -2.32. The lowest BCUT2D eigenvalue weighted by atomic mass is 9.94. The molecule has 17 heavy (non-hydrogen) atoms. The Hall–Kier alpha value is -2.28. The van der Waals surface area contributed by atoms with Crippen LogP contribution in [0.15, 0.2) is 35.6 Å². The molecule has 0 spiro atoms. The molecule has 0 aliphatic carbocycles. The summed E-state index contributed by atoms with van der Waals surface area (Å²) in [6.45, 7) is 0.592. The minimum Gasteiger partial charge on any atom is -0.509 e. The molecule has 84 valence electrons. The van der Waals surface area contributed by atoms with Crippen molar-refractivity contribution in [3.05, 3.63) is 46.7 Å². The highest BCUT2D eigenvalue weighted by molar-refractivity contribution is 6.03. The first-order valence-electron chi connectivity index (χ1n) is 5.48. The highest BCUT2D eigenvalue weighted by Gasteiger charge is 2.39. The van der Waals surface area contributed by atoms with Crippen LogP contribution in [-0.2, 0) is 13.0 Å². The molecule has 0 radical (unpaired) electrons. The van der Waals surface area contributed by atoms with E-state index in [9.17, 15) is 5.11 Å². The smallest absolute Gasteiger partial charge is 0.143 e. The average Bonchev–Trinajstić information content (AvgIpc) is 2.59. The summed E-state index contributed by atoms with van der Waals surface area (Å²) in [6, 6.07) is 9.69. The molecule has 4 heteroatoms. The Morgan fingerprint density at radius 1 is 1.35 bits per heavy atom. The number of nitrogens with one attached hydrogen (secondary N) is 1. The summed E-state index contributed by atoms with van der Waals surface area (Å²) in [5.41, 5.74) is 2.47. The van der Waals surface area contributed by atoms with Crippen LogP contribution in [0.1, 0.15) is 11.1 Å². The molecule has 0 amide bonds. The van der Waals surface area contributed by atoms with Crippen molar-refractivity contribution in [2.75, 3.05) is 0 Å². The van der Waals surface area contributed by atoms with E-state index in [2.05, 4.69) is 0 Å². The number of amidine groups is 1. The molecule has 1 atom stereocenters. The second-order valence-corrected chi connectivity index (χ2v) is 4.34. The van der Waals surface area contributed by atoms with Crippen LogP contribution >= 0.6 is 0 Å². The molecule has 4 nitrogen and oxygen atoms in total. The molecule has 0 aromatic heterocycles. The summed E-state index contributed by atoms with van der Waals surface area (Å²) < 4.78 is 0. The molecule has 2 N–H and O–H groups in total. The highest BCUT2D eigenvalue weighted by Crippen LogP contribution is 2.33. The molecule has 1 aromatic rings. The van der Waals surface area contributed by atoms with Crippen LogP contribution in [0.2, 0.25) is 0 Å². The summed E-state index contributed by atoms with van der Waals surface area (Å²) in [6.07, 6.45) is 0.662. The first-order valence-corrected chi connectivity index (χ1v) is 5.48. The Labute approximate surface area is 98.9 Å². The molecule has 3 rings (SSSR count). The third-order valence-electron chi connectivity index (χ3n) is 3.46. The first-order chi connectivity index (χ1) is 8.22. The monoisotopic (exact) mass is 225 g/mol. The van der Waals surface area contributed by atoms with Crippen LogP contribution in [0.5, 0.6) is 0 Å². The standard InChI is InChI=1S/C13H11N3O/c14-6-10-12(17)11-5-8-3-1-2-4-9(8)7-16(11)13(10)15/h1-4,11,15,17H,5,7H2. The van der Waals surface area contributed by atoms with Crippen molar-refractivity contribution in [1.82, 2.24) is 4.90 Å². The topological polar surface area (TPSA) is 71.1 Å². The van der Waals surface area contributed by atoms with Crippen LogP contribution in [-0.4, -0.2) is 21.9 Å². The number of fused-ring (bicyclic) bond motifs is 2. The van der Waals surface area contributed by atoms with E-state index in [1.54, 1.807) is 4.90 Å². The Bertz CT molecular complexity index is 583. The number of nitrogens with zero attached hydrogens (tertiary/aromatic N) is 2. The summed E-state index contributed by atoms with van der Waals surface area (Å²) in [5.74, 6) is 0.191. The third-order valence-corrected chi connectivity index (χ3v) is 3.46. The predicted octanol–water partition coefficient (Wildman–Crippen LogP) is 1.74. The van der Waals surface area contributed by atoms with E-state index in [0.717, 1.165) is 0 Å².